The van der Waals surface area contributed by atoms with Gasteiger partial charge >= 0.3 is 5.91 Å². The molecule has 9 nitrogen and oxygen atoms in total. The fourth-order valence-corrected chi connectivity index (χ4v) is 6.14. The van der Waals surface area contributed by atoms with Gasteiger partial charge in [0.15, 0.2) is 5.13 Å². The van der Waals surface area contributed by atoms with Gasteiger partial charge in [-0.3, -0.25) is 24.6 Å². The number of ether oxygens (including phenoxy) is 1. The summed E-state index contributed by atoms with van der Waals surface area (Å²) in [7, 11) is 0. The highest BCUT2D eigenvalue weighted by Crippen LogP contribution is 2.45. The Kier molecular flexibility index (Phi) is 5.66. The molecule has 2 aliphatic heterocycles. The van der Waals surface area contributed by atoms with Gasteiger partial charge in [0.25, 0.3) is 11.5 Å². The van der Waals surface area contributed by atoms with Crippen molar-refractivity contribution in [1.82, 2.24) is 4.98 Å². The number of benzene rings is 3. The molecular formula is C27H18ClN3O6S. The molecule has 0 radical (unpaired) electrons. The van der Waals surface area contributed by atoms with Crippen molar-refractivity contribution >= 4 is 61.4 Å². The van der Waals surface area contributed by atoms with Crippen molar-refractivity contribution in [3.05, 3.63) is 98.1 Å². The van der Waals surface area contributed by atoms with Crippen LogP contribution in [0, 0.1) is 10.1 Å². The zero-order valence-corrected chi connectivity index (χ0v) is 21.3. The number of aliphatic hydroxyl groups excluding tert-OH is 1. The molecule has 0 bridgehead atoms. The molecule has 1 aromatic heterocycles. The van der Waals surface area contributed by atoms with Crippen LogP contribution in [0.4, 0.5) is 10.8 Å². The van der Waals surface area contributed by atoms with Crippen LogP contribution in [0.3, 0.4) is 0 Å². The molecule has 2 aliphatic rings. The van der Waals surface area contributed by atoms with Crippen molar-refractivity contribution in [1.29, 1.82) is 0 Å². The number of nitrogens with zero attached hydrogens (tertiary/aromatic N) is 3. The Morgan fingerprint density at radius 3 is 2.79 bits per heavy atom. The van der Waals surface area contributed by atoms with E-state index < -0.39 is 22.7 Å². The van der Waals surface area contributed by atoms with Crippen molar-refractivity contribution in [2.24, 2.45) is 0 Å². The second-order valence-corrected chi connectivity index (χ2v) is 10.5. The van der Waals surface area contributed by atoms with E-state index in [1.165, 1.54) is 23.1 Å². The average molecular weight is 548 g/mol. The van der Waals surface area contributed by atoms with E-state index in [2.05, 4.69) is 4.98 Å². The number of hydrogen-bond acceptors (Lipinski definition) is 8. The van der Waals surface area contributed by atoms with E-state index in [9.17, 15) is 24.8 Å². The lowest BCUT2D eigenvalue weighted by molar-refractivity contribution is -0.384. The predicted molar refractivity (Wildman–Crippen MR) is 143 cm³/mol. The third-order valence-corrected chi connectivity index (χ3v) is 7.81. The maximum atomic E-state index is 13.4. The molecular weight excluding hydrogens is 530 g/mol. The van der Waals surface area contributed by atoms with E-state index in [1.807, 2.05) is 6.92 Å². The first-order chi connectivity index (χ1) is 18.2. The Morgan fingerprint density at radius 1 is 1.18 bits per heavy atom. The van der Waals surface area contributed by atoms with Crippen LogP contribution in [0.25, 0.3) is 16.0 Å². The minimum atomic E-state index is -1.14. The number of aliphatic hydroxyl groups is 1. The van der Waals surface area contributed by atoms with Gasteiger partial charge in [0, 0.05) is 29.1 Å². The van der Waals surface area contributed by atoms with E-state index in [1.54, 1.807) is 42.5 Å². The molecule has 0 saturated carbocycles. The van der Waals surface area contributed by atoms with Gasteiger partial charge in [-0.15, -0.1) is 0 Å². The maximum Gasteiger partial charge on any atom is 0.301 e. The van der Waals surface area contributed by atoms with Crippen LogP contribution in [0.2, 0.25) is 5.02 Å². The maximum absolute atomic E-state index is 13.4. The number of halogens is 1. The Balaban J connectivity index is 1.56. The second kappa shape index (κ2) is 8.93. The summed E-state index contributed by atoms with van der Waals surface area (Å²) in [5.74, 6) is -1.50. The third-order valence-electron chi connectivity index (χ3n) is 6.56. The normalized spacial score (nSPS) is 20.1. The Labute approximate surface area is 224 Å². The quantitative estimate of drug-likeness (QED) is 0.112. The first-order valence-corrected chi connectivity index (χ1v) is 12.8. The molecule has 4 aromatic rings. The number of hydrogen-bond donors (Lipinski definition) is 1. The van der Waals surface area contributed by atoms with Gasteiger partial charge in [-0.05, 0) is 54.4 Å². The van der Waals surface area contributed by atoms with Crippen LogP contribution in [-0.2, 0) is 16.0 Å². The lowest BCUT2D eigenvalue weighted by Crippen LogP contribution is -2.29. The number of carbonyl (C=O) groups is 2. The number of nitro groups is 1. The zero-order chi connectivity index (χ0) is 26.7. The van der Waals surface area contributed by atoms with Gasteiger partial charge in [0.1, 0.15) is 17.6 Å². The molecule has 3 aromatic carbocycles. The molecule has 1 fully saturated rings. The number of nitro benzene ring substituents is 1. The van der Waals surface area contributed by atoms with E-state index in [0.717, 1.165) is 16.9 Å². The number of fused-ring (bicyclic) bond motifs is 2. The van der Waals surface area contributed by atoms with E-state index in [4.69, 9.17) is 16.3 Å². The Morgan fingerprint density at radius 2 is 2.00 bits per heavy atom. The predicted octanol–water partition coefficient (Wildman–Crippen LogP) is 5.81. The van der Waals surface area contributed by atoms with Crippen LogP contribution >= 0.6 is 22.9 Å². The van der Waals surface area contributed by atoms with Crippen LogP contribution < -0.4 is 9.64 Å². The number of amides is 1. The number of Topliss-reactive ketones (excluding diaryl/α,β-unsaturated/α-hetero) is 1. The minimum Gasteiger partial charge on any atom is -0.507 e. The molecule has 190 valence electrons. The topological polar surface area (TPSA) is 123 Å². The summed E-state index contributed by atoms with van der Waals surface area (Å²) in [5, 5.41) is 23.6. The minimum absolute atomic E-state index is 0.0228. The summed E-state index contributed by atoms with van der Waals surface area (Å²) in [5.41, 5.74) is 1.67. The smallest absolute Gasteiger partial charge is 0.301 e. The van der Waals surface area contributed by atoms with Gasteiger partial charge in [-0.1, -0.05) is 35.1 Å². The average Bonchev–Trinajstić information content (AvgIpc) is 3.55. The van der Waals surface area contributed by atoms with Gasteiger partial charge in [-0.2, -0.15) is 0 Å². The highest BCUT2D eigenvalue weighted by molar-refractivity contribution is 7.22. The van der Waals surface area contributed by atoms with E-state index in [-0.39, 0.29) is 33.8 Å². The van der Waals surface area contributed by atoms with Crippen LogP contribution in [-0.4, -0.2) is 32.8 Å². The number of carbonyl (C=O) groups excluding carboxylic acids is 2. The van der Waals surface area contributed by atoms with Crippen molar-refractivity contribution in [3.8, 4) is 5.75 Å². The van der Waals surface area contributed by atoms with Gasteiger partial charge in [0.2, 0.25) is 0 Å². The standard InChI is InChI=1S/C27H18ClN3O6S/c1-13-9-16-10-15(5-8-20(16)37-13)24(32)22-23(14-3-2-4-18(11-14)31(35)36)30(26(34)25(22)33)27-29-19-7-6-17(28)12-21(19)38-27/h2-8,10-13,23,32H,9H2,1H3/b24-22+/t13-,23-/m0/s1. The van der Waals surface area contributed by atoms with Crippen LogP contribution in [0.15, 0.2) is 66.2 Å². The SMILES string of the molecule is C[C@H]1Cc2cc(/C(O)=C3\C(=O)C(=O)N(c4nc5ccc(Cl)cc5s4)[C@H]3c3cccc([N+](=O)[O-])c3)ccc2O1. The van der Waals surface area contributed by atoms with E-state index >= 15 is 0 Å². The number of thiazole rings is 1. The monoisotopic (exact) mass is 547 g/mol. The Bertz CT molecular complexity index is 1710. The molecule has 0 spiro atoms. The molecule has 11 heteroatoms. The van der Waals surface area contributed by atoms with Crippen LogP contribution in [0.1, 0.15) is 29.7 Å². The largest absolute Gasteiger partial charge is 0.507 e. The highest BCUT2D eigenvalue weighted by Gasteiger charge is 2.48. The summed E-state index contributed by atoms with van der Waals surface area (Å²) >= 11 is 7.28. The molecule has 1 amide bonds. The number of rotatable bonds is 4. The van der Waals surface area contributed by atoms with Crippen molar-refractivity contribution < 1.29 is 24.4 Å². The van der Waals surface area contributed by atoms with Crippen molar-refractivity contribution in [2.45, 2.75) is 25.5 Å². The molecule has 3 heterocycles. The number of ketones is 1. The fraction of sp³-hybridized carbons (Fsp3) is 0.148. The highest BCUT2D eigenvalue weighted by atomic mass is 35.5. The van der Waals surface area contributed by atoms with Gasteiger partial charge in [0.05, 0.1) is 26.8 Å². The molecule has 38 heavy (non-hydrogen) atoms. The fourth-order valence-electron chi connectivity index (χ4n) is 4.87. The number of non-ortho nitro benzene ring substituents is 1. The zero-order valence-electron chi connectivity index (χ0n) is 19.8. The lowest BCUT2D eigenvalue weighted by Gasteiger charge is -2.22. The van der Waals surface area contributed by atoms with Crippen LogP contribution in [0.5, 0.6) is 5.75 Å². The molecule has 1 saturated heterocycles. The summed E-state index contributed by atoms with van der Waals surface area (Å²) in [6.07, 6.45) is 0.610. The summed E-state index contributed by atoms with van der Waals surface area (Å²) < 4.78 is 6.43. The first-order valence-electron chi connectivity index (χ1n) is 11.6. The summed E-state index contributed by atoms with van der Waals surface area (Å²) in [4.78, 5) is 43.6. The molecule has 2 atom stereocenters. The third kappa shape index (κ3) is 3.89. The molecule has 0 unspecified atom stereocenters. The van der Waals surface area contributed by atoms with Gasteiger partial charge in [-0.25, -0.2) is 4.98 Å². The lowest BCUT2D eigenvalue weighted by atomic mass is 9.94. The summed E-state index contributed by atoms with van der Waals surface area (Å²) in [6, 6.07) is 14.6. The van der Waals surface area contributed by atoms with Crippen molar-refractivity contribution in [3.63, 3.8) is 0 Å². The van der Waals surface area contributed by atoms with E-state index in [0.29, 0.717) is 33.0 Å². The number of aromatic nitrogens is 1. The first kappa shape index (κ1) is 24.1. The molecule has 1 N–H and O–H groups in total. The Hall–Kier alpha value is -4.28. The number of anilines is 1. The molecule has 0 aliphatic carbocycles. The summed E-state index contributed by atoms with van der Waals surface area (Å²) in [6.45, 7) is 1.93. The second-order valence-electron chi connectivity index (χ2n) is 9.08. The van der Waals surface area contributed by atoms with Crippen molar-refractivity contribution in [2.75, 3.05) is 4.90 Å². The molecule has 6 rings (SSSR count). The van der Waals surface area contributed by atoms with Gasteiger partial charge < -0.3 is 9.84 Å².